The second-order valence-corrected chi connectivity index (χ2v) is 2.75. The molecule has 0 aliphatic carbocycles. The fourth-order valence-corrected chi connectivity index (χ4v) is 1.07. The van der Waals surface area contributed by atoms with E-state index in [0.29, 0.717) is 0 Å². The van der Waals surface area contributed by atoms with E-state index in [-0.39, 0.29) is 17.9 Å². The molecule has 0 amide bonds. The summed E-state index contributed by atoms with van der Waals surface area (Å²) in [5, 5.41) is 8.63. The standard InChI is InChI=1S/C10H8F3NO/c1-2-15-9-5-8(10(11,12)13)4-3-7(9)6-14/h3-5H,2H2,1H3. The Morgan fingerprint density at radius 1 is 1.40 bits per heavy atom. The van der Waals surface area contributed by atoms with Crippen LogP contribution in [0.2, 0.25) is 0 Å². The van der Waals surface area contributed by atoms with E-state index >= 15 is 0 Å². The van der Waals surface area contributed by atoms with Gasteiger partial charge in [-0.3, -0.25) is 0 Å². The summed E-state index contributed by atoms with van der Waals surface area (Å²) in [7, 11) is 0. The van der Waals surface area contributed by atoms with Gasteiger partial charge in [-0.15, -0.1) is 0 Å². The van der Waals surface area contributed by atoms with Gasteiger partial charge < -0.3 is 4.74 Å². The van der Waals surface area contributed by atoms with Crippen LogP contribution in [0.4, 0.5) is 13.2 Å². The van der Waals surface area contributed by atoms with E-state index < -0.39 is 11.7 Å². The number of rotatable bonds is 2. The van der Waals surface area contributed by atoms with Crippen LogP contribution in [0.1, 0.15) is 18.1 Å². The van der Waals surface area contributed by atoms with Crippen molar-refractivity contribution in [1.29, 1.82) is 5.26 Å². The van der Waals surface area contributed by atoms with Crippen LogP contribution in [0.25, 0.3) is 0 Å². The summed E-state index contributed by atoms with van der Waals surface area (Å²) in [4.78, 5) is 0. The van der Waals surface area contributed by atoms with E-state index in [1.165, 1.54) is 0 Å². The number of hydrogen-bond donors (Lipinski definition) is 0. The third kappa shape index (κ3) is 2.62. The molecule has 0 saturated carbocycles. The van der Waals surface area contributed by atoms with E-state index in [9.17, 15) is 13.2 Å². The quantitative estimate of drug-likeness (QED) is 0.759. The van der Waals surface area contributed by atoms with Crippen molar-refractivity contribution in [2.24, 2.45) is 0 Å². The third-order valence-corrected chi connectivity index (χ3v) is 1.73. The lowest BCUT2D eigenvalue weighted by Crippen LogP contribution is -2.06. The minimum Gasteiger partial charge on any atom is -0.492 e. The van der Waals surface area contributed by atoms with Crippen LogP contribution in [0, 0.1) is 11.3 Å². The molecule has 0 spiro atoms. The minimum absolute atomic E-state index is 0.0326. The van der Waals surface area contributed by atoms with Crippen LogP contribution >= 0.6 is 0 Å². The molecule has 0 fully saturated rings. The molecule has 1 aromatic carbocycles. The van der Waals surface area contributed by atoms with E-state index in [2.05, 4.69) is 0 Å². The lowest BCUT2D eigenvalue weighted by molar-refractivity contribution is -0.137. The Morgan fingerprint density at radius 3 is 2.53 bits per heavy atom. The molecule has 0 saturated heterocycles. The zero-order chi connectivity index (χ0) is 11.5. The van der Waals surface area contributed by atoms with Gasteiger partial charge in [0.1, 0.15) is 11.8 Å². The first kappa shape index (κ1) is 11.4. The van der Waals surface area contributed by atoms with Crippen molar-refractivity contribution in [3.63, 3.8) is 0 Å². The zero-order valence-electron chi connectivity index (χ0n) is 7.93. The molecular weight excluding hydrogens is 207 g/mol. The summed E-state index contributed by atoms with van der Waals surface area (Å²) in [5.41, 5.74) is -0.713. The monoisotopic (exact) mass is 215 g/mol. The first-order chi connectivity index (χ1) is 6.99. The molecule has 0 bridgehead atoms. The molecule has 0 radical (unpaired) electrons. The first-order valence-corrected chi connectivity index (χ1v) is 4.23. The largest absolute Gasteiger partial charge is 0.492 e. The Labute approximate surface area is 84.9 Å². The van der Waals surface area contributed by atoms with Gasteiger partial charge in [-0.05, 0) is 25.1 Å². The molecule has 0 aliphatic rings. The van der Waals surface area contributed by atoms with Crippen molar-refractivity contribution in [3.8, 4) is 11.8 Å². The fourth-order valence-electron chi connectivity index (χ4n) is 1.07. The molecule has 80 valence electrons. The highest BCUT2D eigenvalue weighted by Crippen LogP contribution is 2.32. The summed E-state index contributed by atoms with van der Waals surface area (Å²) < 4.78 is 41.9. The molecule has 0 aliphatic heterocycles. The van der Waals surface area contributed by atoms with E-state index in [4.69, 9.17) is 10.00 Å². The minimum atomic E-state index is -4.42. The average Bonchev–Trinajstić information content (AvgIpc) is 2.17. The number of nitrogens with zero attached hydrogens (tertiary/aromatic N) is 1. The summed E-state index contributed by atoms with van der Waals surface area (Å²) in [6, 6.07) is 4.57. The van der Waals surface area contributed by atoms with Crippen molar-refractivity contribution in [2.45, 2.75) is 13.1 Å². The predicted octanol–water partition coefficient (Wildman–Crippen LogP) is 2.98. The maximum atomic E-state index is 12.3. The summed E-state index contributed by atoms with van der Waals surface area (Å²) in [5.74, 6) is -0.0326. The molecule has 0 N–H and O–H groups in total. The van der Waals surface area contributed by atoms with Gasteiger partial charge in [-0.25, -0.2) is 0 Å². The third-order valence-electron chi connectivity index (χ3n) is 1.73. The van der Waals surface area contributed by atoms with Crippen LogP contribution in [0.3, 0.4) is 0 Å². The number of benzene rings is 1. The fraction of sp³-hybridized carbons (Fsp3) is 0.300. The van der Waals surface area contributed by atoms with Gasteiger partial charge in [0.05, 0.1) is 17.7 Å². The lowest BCUT2D eigenvalue weighted by Gasteiger charge is -2.10. The predicted molar refractivity (Wildman–Crippen MR) is 47.3 cm³/mol. The Bertz CT molecular complexity index is 393. The highest BCUT2D eigenvalue weighted by atomic mass is 19.4. The molecule has 0 heterocycles. The van der Waals surface area contributed by atoms with Crippen molar-refractivity contribution in [3.05, 3.63) is 29.3 Å². The normalized spacial score (nSPS) is 10.9. The van der Waals surface area contributed by atoms with E-state index in [0.717, 1.165) is 18.2 Å². The Kier molecular flexibility index (Phi) is 3.20. The van der Waals surface area contributed by atoms with Crippen LogP contribution < -0.4 is 4.74 Å². The summed E-state index contributed by atoms with van der Waals surface area (Å²) >= 11 is 0. The smallest absolute Gasteiger partial charge is 0.416 e. The van der Waals surface area contributed by atoms with Gasteiger partial charge in [0, 0.05) is 0 Å². The maximum absolute atomic E-state index is 12.3. The maximum Gasteiger partial charge on any atom is 0.416 e. The molecular formula is C10H8F3NO. The van der Waals surface area contributed by atoms with Crippen molar-refractivity contribution in [1.82, 2.24) is 0 Å². The van der Waals surface area contributed by atoms with Crippen LogP contribution in [-0.4, -0.2) is 6.61 Å². The number of ether oxygens (including phenoxy) is 1. The molecule has 5 heteroatoms. The number of hydrogen-bond acceptors (Lipinski definition) is 2. The van der Waals surface area contributed by atoms with E-state index in [1.807, 2.05) is 0 Å². The molecule has 1 rings (SSSR count). The SMILES string of the molecule is CCOc1cc(C(F)(F)F)ccc1C#N. The Morgan fingerprint density at radius 2 is 2.07 bits per heavy atom. The number of alkyl halides is 3. The van der Waals surface area contributed by atoms with Crippen LogP contribution in [0.5, 0.6) is 5.75 Å². The van der Waals surface area contributed by atoms with Gasteiger partial charge in [0.2, 0.25) is 0 Å². The highest BCUT2D eigenvalue weighted by molar-refractivity contribution is 5.45. The van der Waals surface area contributed by atoms with Gasteiger partial charge in [-0.2, -0.15) is 18.4 Å². The van der Waals surface area contributed by atoms with E-state index in [1.54, 1.807) is 13.0 Å². The van der Waals surface area contributed by atoms with Gasteiger partial charge >= 0.3 is 6.18 Å². The highest BCUT2D eigenvalue weighted by Gasteiger charge is 2.31. The molecule has 15 heavy (non-hydrogen) atoms. The van der Waals surface area contributed by atoms with Crippen LogP contribution in [-0.2, 0) is 6.18 Å². The molecule has 2 nitrogen and oxygen atoms in total. The zero-order valence-corrected chi connectivity index (χ0v) is 7.93. The molecule has 0 aromatic heterocycles. The lowest BCUT2D eigenvalue weighted by atomic mass is 10.1. The summed E-state index contributed by atoms with van der Waals surface area (Å²) in [6.07, 6.45) is -4.42. The van der Waals surface area contributed by atoms with Crippen molar-refractivity contribution < 1.29 is 17.9 Å². The second kappa shape index (κ2) is 4.22. The first-order valence-electron chi connectivity index (χ1n) is 4.23. The van der Waals surface area contributed by atoms with Crippen LogP contribution in [0.15, 0.2) is 18.2 Å². The number of halogens is 3. The Hall–Kier alpha value is -1.70. The van der Waals surface area contributed by atoms with Gasteiger partial charge in [0.15, 0.2) is 0 Å². The number of nitriles is 1. The van der Waals surface area contributed by atoms with Gasteiger partial charge in [0.25, 0.3) is 0 Å². The molecule has 0 atom stereocenters. The van der Waals surface area contributed by atoms with Crippen molar-refractivity contribution >= 4 is 0 Å². The van der Waals surface area contributed by atoms with Gasteiger partial charge in [-0.1, -0.05) is 0 Å². The average molecular weight is 215 g/mol. The molecule has 0 unspecified atom stereocenters. The summed E-state index contributed by atoms with van der Waals surface area (Å²) in [6.45, 7) is 1.86. The second-order valence-electron chi connectivity index (χ2n) is 2.75. The molecule has 1 aromatic rings. The topological polar surface area (TPSA) is 33.0 Å². The van der Waals surface area contributed by atoms with Crippen molar-refractivity contribution in [2.75, 3.05) is 6.61 Å². The Balaban J connectivity index is 3.17.